The highest BCUT2D eigenvalue weighted by Gasteiger charge is 2.42. The highest BCUT2D eigenvalue weighted by atomic mass is 28.4. The maximum atomic E-state index is 6.31. The van der Waals surface area contributed by atoms with Gasteiger partial charge >= 0.3 is 8.56 Å². The lowest BCUT2D eigenvalue weighted by Crippen LogP contribution is -2.50. The molecule has 0 aliphatic heterocycles. The number of benzene rings is 1. The lowest BCUT2D eigenvalue weighted by molar-refractivity contribution is 0.228. The van der Waals surface area contributed by atoms with E-state index in [0.29, 0.717) is 6.54 Å². The normalized spacial score (nSPS) is 15.2. The van der Waals surface area contributed by atoms with Gasteiger partial charge < -0.3 is 20.3 Å². The molecule has 2 atom stereocenters. The zero-order chi connectivity index (χ0) is 14.3. The molecule has 0 fully saturated rings. The quantitative estimate of drug-likeness (QED) is 0.711. The molecule has 19 heavy (non-hydrogen) atoms. The third kappa shape index (κ3) is 4.40. The van der Waals surface area contributed by atoms with Crippen LogP contribution in [0.1, 0.15) is 12.0 Å². The van der Waals surface area contributed by atoms with Crippen LogP contribution in [0.3, 0.4) is 0 Å². The molecule has 4 N–H and O–H groups in total. The van der Waals surface area contributed by atoms with Crippen LogP contribution >= 0.6 is 0 Å². The fraction of sp³-hybridized carbons (Fsp3) is 0.571. The fourth-order valence-corrected chi connectivity index (χ4v) is 4.70. The molecule has 0 heterocycles. The molecule has 0 saturated carbocycles. The first-order valence-electron chi connectivity index (χ1n) is 6.67. The first kappa shape index (κ1) is 16.3. The van der Waals surface area contributed by atoms with Crippen molar-refractivity contribution in [1.82, 2.24) is 0 Å². The molecule has 1 rings (SSSR count). The van der Waals surface area contributed by atoms with E-state index in [1.165, 1.54) is 5.56 Å². The Hall–Kier alpha value is -0.723. The predicted molar refractivity (Wildman–Crippen MR) is 81.2 cm³/mol. The van der Waals surface area contributed by atoms with Crippen LogP contribution in [0.4, 0.5) is 0 Å². The Bertz CT molecular complexity index is 358. The average molecular weight is 282 g/mol. The maximum Gasteiger partial charge on any atom is 0.339 e. The summed E-state index contributed by atoms with van der Waals surface area (Å²) >= 11 is 0. The lowest BCUT2D eigenvalue weighted by atomic mass is 10.0. The van der Waals surface area contributed by atoms with Crippen LogP contribution in [0.15, 0.2) is 30.3 Å². The Labute approximate surface area is 117 Å². The molecule has 0 saturated heterocycles. The summed E-state index contributed by atoms with van der Waals surface area (Å²) < 4.78 is 11.4. The van der Waals surface area contributed by atoms with Crippen LogP contribution in [-0.2, 0) is 15.3 Å². The van der Waals surface area contributed by atoms with Crippen molar-refractivity contribution in [2.24, 2.45) is 11.5 Å². The second-order valence-corrected chi connectivity index (χ2v) is 8.55. The van der Waals surface area contributed by atoms with E-state index in [1.54, 1.807) is 14.2 Å². The van der Waals surface area contributed by atoms with Gasteiger partial charge in [0.1, 0.15) is 0 Å². The molecule has 0 aliphatic rings. The van der Waals surface area contributed by atoms with Gasteiger partial charge in [-0.05, 0) is 31.5 Å². The zero-order valence-electron chi connectivity index (χ0n) is 12.1. The van der Waals surface area contributed by atoms with Crippen molar-refractivity contribution in [3.05, 3.63) is 35.9 Å². The van der Waals surface area contributed by atoms with Gasteiger partial charge in [0.25, 0.3) is 0 Å². The van der Waals surface area contributed by atoms with E-state index in [2.05, 4.69) is 18.7 Å². The molecule has 1 aromatic carbocycles. The Morgan fingerprint density at radius 3 is 2.21 bits per heavy atom. The molecule has 4 nitrogen and oxygen atoms in total. The van der Waals surface area contributed by atoms with Crippen LogP contribution in [-0.4, -0.2) is 35.4 Å². The minimum Gasteiger partial charge on any atom is -0.398 e. The Morgan fingerprint density at radius 2 is 1.74 bits per heavy atom. The van der Waals surface area contributed by atoms with E-state index in [-0.39, 0.29) is 11.6 Å². The second-order valence-electron chi connectivity index (χ2n) is 4.96. The number of hydrogen-bond donors (Lipinski definition) is 2. The molecule has 0 bridgehead atoms. The van der Waals surface area contributed by atoms with E-state index in [1.807, 2.05) is 18.2 Å². The summed E-state index contributed by atoms with van der Waals surface area (Å²) in [5.41, 5.74) is 13.4. The Kier molecular flexibility index (Phi) is 6.68. The van der Waals surface area contributed by atoms with Gasteiger partial charge in [0.15, 0.2) is 0 Å². The first-order chi connectivity index (χ1) is 9.07. The van der Waals surface area contributed by atoms with Gasteiger partial charge in [-0.25, -0.2) is 0 Å². The van der Waals surface area contributed by atoms with E-state index in [4.69, 9.17) is 20.3 Å². The minimum atomic E-state index is -2.29. The van der Waals surface area contributed by atoms with Crippen molar-refractivity contribution in [1.29, 1.82) is 0 Å². The van der Waals surface area contributed by atoms with Gasteiger partial charge in [-0.2, -0.15) is 0 Å². The average Bonchev–Trinajstić information content (AvgIpc) is 2.45. The largest absolute Gasteiger partial charge is 0.398 e. The van der Waals surface area contributed by atoms with E-state index in [9.17, 15) is 0 Å². The minimum absolute atomic E-state index is 0.00164. The van der Waals surface area contributed by atoms with Crippen molar-refractivity contribution in [2.75, 3.05) is 20.8 Å². The van der Waals surface area contributed by atoms with Crippen molar-refractivity contribution in [3.8, 4) is 0 Å². The topological polar surface area (TPSA) is 70.5 Å². The summed E-state index contributed by atoms with van der Waals surface area (Å²) in [6.07, 6.45) is 1.65. The summed E-state index contributed by atoms with van der Waals surface area (Å²) in [4.78, 5) is 0. The molecule has 0 spiro atoms. The van der Waals surface area contributed by atoms with E-state index >= 15 is 0 Å². The standard InChI is InChI=1S/C14H26N2O2Si/c1-17-19(3,18-2)14(13(16)9-10-15)11-12-7-5-4-6-8-12/h4-8,13-14H,9-11,15-16H2,1-3H3. The number of hydrogen-bond acceptors (Lipinski definition) is 4. The van der Waals surface area contributed by atoms with Crippen molar-refractivity contribution in [2.45, 2.75) is 31.0 Å². The highest BCUT2D eigenvalue weighted by Crippen LogP contribution is 2.31. The van der Waals surface area contributed by atoms with E-state index in [0.717, 1.165) is 12.8 Å². The van der Waals surface area contributed by atoms with Crippen LogP contribution in [0.5, 0.6) is 0 Å². The number of rotatable bonds is 8. The molecular weight excluding hydrogens is 256 g/mol. The summed E-state index contributed by atoms with van der Waals surface area (Å²) in [7, 11) is 1.13. The monoisotopic (exact) mass is 282 g/mol. The smallest absolute Gasteiger partial charge is 0.339 e. The molecule has 2 unspecified atom stereocenters. The van der Waals surface area contributed by atoms with Gasteiger partial charge in [0.2, 0.25) is 0 Å². The van der Waals surface area contributed by atoms with Gasteiger partial charge in [-0.3, -0.25) is 0 Å². The highest BCUT2D eigenvalue weighted by molar-refractivity contribution is 6.67. The molecule has 0 amide bonds. The summed E-state index contributed by atoms with van der Waals surface area (Å²) in [5, 5.41) is 0. The third-order valence-corrected chi connectivity index (χ3v) is 7.40. The van der Waals surface area contributed by atoms with Crippen LogP contribution in [0.2, 0.25) is 12.1 Å². The summed E-state index contributed by atoms with van der Waals surface area (Å²) in [6.45, 7) is 2.65. The summed E-state index contributed by atoms with van der Waals surface area (Å²) in [5.74, 6) is 0. The molecule has 1 aromatic rings. The molecule has 5 heteroatoms. The van der Waals surface area contributed by atoms with Gasteiger partial charge in [-0.1, -0.05) is 30.3 Å². The molecule has 0 aromatic heterocycles. The lowest BCUT2D eigenvalue weighted by Gasteiger charge is -2.35. The SMILES string of the molecule is CO[Si](C)(OC)C(Cc1ccccc1)C(N)CCN. The predicted octanol–water partition coefficient (Wildman–Crippen LogP) is 1.64. The van der Waals surface area contributed by atoms with Crippen LogP contribution in [0.25, 0.3) is 0 Å². The first-order valence-corrected chi connectivity index (χ1v) is 9.06. The fourth-order valence-electron chi connectivity index (χ4n) is 2.37. The van der Waals surface area contributed by atoms with Gasteiger partial charge in [-0.15, -0.1) is 0 Å². The summed E-state index contributed by atoms with van der Waals surface area (Å²) in [6, 6.07) is 10.3. The van der Waals surface area contributed by atoms with Crippen LogP contribution in [0, 0.1) is 0 Å². The molecule has 108 valence electrons. The van der Waals surface area contributed by atoms with Gasteiger partial charge in [0.05, 0.1) is 0 Å². The van der Waals surface area contributed by atoms with Crippen LogP contribution < -0.4 is 11.5 Å². The Morgan fingerprint density at radius 1 is 1.16 bits per heavy atom. The molecule has 0 radical (unpaired) electrons. The molecular formula is C14H26N2O2Si. The third-order valence-electron chi connectivity index (χ3n) is 3.80. The molecule has 0 aliphatic carbocycles. The number of nitrogens with two attached hydrogens (primary N) is 2. The van der Waals surface area contributed by atoms with E-state index < -0.39 is 8.56 Å². The van der Waals surface area contributed by atoms with Crippen molar-refractivity contribution >= 4 is 8.56 Å². The second kappa shape index (κ2) is 7.77. The van der Waals surface area contributed by atoms with Gasteiger partial charge in [0, 0.05) is 25.8 Å². The van der Waals surface area contributed by atoms with Crippen molar-refractivity contribution < 1.29 is 8.85 Å². The maximum absolute atomic E-state index is 6.31. The Balaban J connectivity index is 2.92. The van der Waals surface area contributed by atoms with Crippen molar-refractivity contribution in [3.63, 3.8) is 0 Å². The zero-order valence-corrected chi connectivity index (χ0v) is 13.1.